The number of carbonyl (C=O) groups excluding carboxylic acids is 2. The van der Waals surface area contributed by atoms with Crippen molar-refractivity contribution in [1.29, 1.82) is 0 Å². The maximum absolute atomic E-state index is 13.2. The number of anilines is 2. The standard InChI is InChI=1S/C41H50N6O2/c1-46(2)32-9-5-7-26(19-32)21-40(48)35-15-14-34(35)39-18-17-38(44-45-39)29-12-11-28(23-29)37-16-13-31(42-43-37)24-30-25-36(30)41(49)22-27-8-6-10-33(20-27)47(3)4/h5-10,13,16,18-20,28-30,34-36,38H,11-12,14-15,17,21-25H2,1-4H3/t28-,29-,30?,34?,35?,36?,38?/m0/s1. The van der Waals surface area contributed by atoms with Gasteiger partial charge in [-0.2, -0.15) is 20.4 Å². The van der Waals surface area contributed by atoms with Crippen molar-refractivity contribution >= 4 is 22.9 Å². The molecule has 3 fully saturated rings. The maximum Gasteiger partial charge on any atom is 0.141 e. The van der Waals surface area contributed by atoms with E-state index >= 15 is 0 Å². The summed E-state index contributed by atoms with van der Waals surface area (Å²) < 4.78 is 0. The summed E-state index contributed by atoms with van der Waals surface area (Å²) in [6.07, 6.45) is 11.2. The van der Waals surface area contributed by atoms with E-state index in [2.05, 4.69) is 68.5 Å². The molecule has 3 aliphatic carbocycles. The van der Waals surface area contributed by atoms with E-state index in [1.165, 1.54) is 0 Å². The molecule has 3 aromatic rings. The molecule has 0 N–H and O–H groups in total. The molecule has 2 heterocycles. The molecule has 49 heavy (non-hydrogen) atoms. The van der Waals surface area contributed by atoms with Crippen molar-refractivity contribution in [2.24, 2.45) is 39.8 Å². The number of benzene rings is 2. The highest BCUT2D eigenvalue weighted by atomic mass is 16.1. The first-order valence-electron chi connectivity index (χ1n) is 18.2. The smallest absolute Gasteiger partial charge is 0.141 e. The molecule has 3 saturated carbocycles. The number of Topliss-reactive ketones (excluding diaryl/α,β-unsaturated/α-hetero) is 2. The highest BCUT2D eigenvalue weighted by Crippen LogP contribution is 2.46. The summed E-state index contributed by atoms with van der Waals surface area (Å²) in [7, 11) is 8.10. The highest BCUT2D eigenvalue weighted by molar-refractivity contribution is 5.86. The Morgan fingerprint density at radius 2 is 1.45 bits per heavy atom. The number of rotatable bonds is 13. The number of aromatic nitrogens is 2. The van der Waals surface area contributed by atoms with Crippen LogP contribution in [0, 0.1) is 29.6 Å². The van der Waals surface area contributed by atoms with Crippen LogP contribution in [0.5, 0.6) is 0 Å². The third kappa shape index (κ3) is 7.68. The molecular formula is C41H50N6O2. The maximum atomic E-state index is 13.2. The Balaban J connectivity index is 0.859. The minimum absolute atomic E-state index is 0.0550. The molecule has 7 rings (SSSR count). The van der Waals surface area contributed by atoms with Gasteiger partial charge < -0.3 is 9.80 Å². The Morgan fingerprint density at radius 1 is 0.755 bits per heavy atom. The van der Waals surface area contributed by atoms with Crippen LogP contribution in [0.3, 0.4) is 0 Å². The summed E-state index contributed by atoms with van der Waals surface area (Å²) in [5.41, 5.74) is 7.51. The van der Waals surface area contributed by atoms with Crippen LogP contribution in [-0.4, -0.2) is 56.0 Å². The lowest BCUT2D eigenvalue weighted by atomic mass is 9.68. The van der Waals surface area contributed by atoms with Gasteiger partial charge in [-0.3, -0.25) is 9.59 Å². The van der Waals surface area contributed by atoms with E-state index in [9.17, 15) is 9.59 Å². The quantitative estimate of drug-likeness (QED) is 0.190. The largest absolute Gasteiger partial charge is 0.378 e. The predicted octanol–water partition coefficient (Wildman–Crippen LogP) is 7.43. The van der Waals surface area contributed by atoms with Crippen molar-refractivity contribution < 1.29 is 9.59 Å². The molecule has 0 radical (unpaired) electrons. The lowest BCUT2D eigenvalue weighted by Crippen LogP contribution is -2.35. The Kier molecular flexibility index (Phi) is 9.75. The Bertz CT molecular complexity index is 1730. The Morgan fingerprint density at radius 3 is 2.02 bits per heavy atom. The van der Waals surface area contributed by atoms with Crippen molar-refractivity contribution in [3.8, 4) is 0 Å². The average Bonchev–Trinajstić information content (AvgIpc) is 3.67. The third-order valence-corrected chi connectivity index (χ3v) is 11.6. The van der Waals surface area contributed by atoms with E-state index in [-0.39, 0.29) is 23.8 Å². The summed E-state index contributed by atoms with van der Waals surface area (Å²) in [5.74, 6) is 2.34. The number of azo groups is 1. The van der Waals surface area contributed by atoms with Gasteiger partial charge >= 0.3 is 0 Å². The molecule has 0 spiro atoms. The molecule has 5 unspecified atom stereocenters. The van der Waals surface area contributed by atoms with Crippen LogP contribution in [0.2, 0.25) is 0 Å². The Hall–Kier alpha value is -4.20. The van der Waals surface area contributed by atoms with Crippen LogP contribution < -0.4 is 9.80 Å². The van der Waals surface area contributed by atoms with Crippen molar-refractivity contribution in [2.75, 3.05) is 38.0 Å². The van der Waals surface area contributed by atoms with Gasteiger partial charge in [0.1, 0.15) is 11.6 Å². The molecule has 256 valence electrons. The zero-order chi connectivity index (χ0) is 34.1. The summed E-state index contributed by atoms with van der Waals surface area (Å²) in [6.45, 7) is 0. The molecule has 1 aromatic heterocycles. The molecule has 0 saturated heterocycles. The number of ketones is 2. The second-order valence-corrected chi connectivity index (χ2v) is 15.4. The molecule has 1 aliphatic heterocycles. The lowest BCUT2D eigenvalue weighted by Gasteiger charge is -2.36. The molecule has 2 aromatic carbocycles. The van der Waals surface area contributed by atoms with Crippen LogP contribution in [0.1, 0.15) is 73.4 Å². The third-order valence-electron chi connectivity index (χ3n) is 11.6. The fourth-order valence-corrected chi connectivity index (χ4v) is 8.24. The van der Waals surface area contributed by atoms with E-state index in [1.54, 1.807) is 0 Å². The number of hydrogen-bond acceptors (Lipinski definition) is 8. The van der Waals surface area contributed by atoms with Gasteiger partial charge in [-0.15, -0.1) is 0 Å². The number of carbonyl (C=O) groups is 2. The SMILES string of the molecule is CN(C)c1cccc(CC(=O)C2CC2Cc2ccc([C@H]3CC[C@H](C4CC=C(C5CCC5C(=O)Cc5cccc(N(C)C)c5)N=N4)C3)nn2)c1. The minimum Gasteiger partial charge on any atom is -0.378 e. The zero-order valence-corrected chi connectivity index (χ0v) is 29.5. The van der Waals surface area contributed by atoms with E-state index in [4.69, 9.17) is 10.2 Å². The van der Waals surface area contributed by atoms with E-state index in [0.717, 1.165) is 91.0 Å². The second-order valence-electron chi connectivity index (χ2n) is 15.4. The van der Waals surface area contributed by atoms with Gasteiger partial charge in [0.25, 0.3) is 0 Å². The van der Waals surface area contributed by atoms with Gasteiger partial charge in [-0.05, 0) is 111 Å². The summed E-state index contributed by atoms with van der Waals surface area (Å²) in [4.78, 5) is 30.3. The van der Waals surface area contributed by atoms with Crippen LogP contribution in [0.25, 0.3) is 0 Å². The van der Waals surface area contributed by atoms with Crippen molar-refractivity contribution in [3.05, 3.63) is 95.0 Å². The van der Waals surface area contributed by atoms with Gasteiger partial charge in [0.05, 0.1) is 23.1 Å². The Labute approximate surface area is 291 Å². The lowest BCUT2D eigenvalue weighted by molar-refractivity contribution is -0.126. The van der Waals surface area contributed by atoms with Crippen molar-refractivity contribution in [1.82, 2.24) is 10.2 Å². The molecule has 0 amide bonds. The van der Waals surface area contributed by atoms with Gasteiger partial charge in [0, 0.05) is 76.1 Å². The zero-order valence-electron chi connectivity index (χ0n) is 29.5. The average molecular weight is 659 g/mol. The first-order chi connectivity index (χ1) is 23.7. The summed E-state index contributed by atoms with van der Waals surface area (Å²) in [5, 5.41) is 18.8. The van der Waals surface area contributed by atoms with E-state index in [0.29, 0.717) is 42.2 Å². The highest BCUT2D eigenvalue weighted by Gasteiger charge is 2.43. The van der Waals surface area contributed by atoms with Crippen LogP contribution in [0.4, 0.5) is 11.4 Å². The van der Waals surface area contributed by atoms with Crippen LogP contribution in [-0.2, 0) is 28.9 Å². The molecule has 8 nitrogen and oxygen atoms in total. The van der Waals surface area contributed by atoms with Crippen molar-refractivity contribution in [3.63, 3.8) is 0 Å². The van der Waals surface area contributed by atoms with Crippen LogP contribution >= 0.6 is 0 Å². The number of nitrogens with zero attached hydrogens (tertiary/aromatic N) is 6. The van der Waals surface area contributed by atoms with Gasteiger partial charge in [0.2, 0.25) is 0 Å². The molecular weight excluding hydrogens is 608 g/mol. The van der Waals surface area contributed by atoms with Gasteiger partial charge in [-0.25, -0.2) is 0 Å². The fourth-order valence-electron chi connectivity index (χ4n) is 8.24. The van der Waals surface area contributed by atoms with Gasteiger partial charge in [-0.1, -0.05) is 30.3 Å². The first kappa shape index (κ1) is 33.3. The summed E-state index contributed by atoms with van der Waals surface area (Å²) in [6, 6.07) is 21.0. The predicted molar refractivity (Wildman–Crippen MR) is 194 cm³/mol. The monoisotopic (exact) mass is 658 g/mol. The fraction of sp³-hybridized carbons (Fsp3) is 0.512. The van der Waals surface area contributed by atoms with Crippen LogP contribution in [0.15, 0.2) is 82.7 Å². The van der Waals surface area contributed by atoms with E-state index in [1.807, 2.05) is 46.4 Å². The molecule has 7 atom stereocenters. The molecule has 0 bridgehead atoms. The summed E-state index contributed by atoms with van der Waals surface area (Å²) >= 11 is 0. The number of hydrogen-bond donors (Lipinski definition) is 0. The van der Waals surface area contributed by atoms with Crippen molar-refractivity contribution in [2.45, 2.75) is 76.2 Å². The normalized spacial score (nSPS) is 27.3. The first-order valence-corrected chi connectivity index (χ1v) is 18.2. The minimum atomic E-state index is 0.0550. The second kappa shape index (κ2) is 14.3. The van der Waals surface area contributed by atoms with E-state index < -0.39 is 0 Å². The topological polar surface area (TPSA) is 91.1 Å². The molecule has 8 heteroatoms. The number of allylic oxidation sites excluding steroid dienone is 1. The van der Waals surface area contributed by atoms with Gasteiger partial charge in [0.15, 0.2) is 0 Å². The molecule has 4 aliphatic rings.